The second-order valence-electron chi connectivity index (χ2n) is 20.4. The van der Waals surface area contributed by atoms with E-state index in [1.807, 2.05) is 0 Å². The van der Waals surface area contributed by atoms with Gasteiger partial charge in [-0.15, -0.1) is 0 Å². The third-order valence-corrected chi connectivity index (χ3v) is 14.3. The van der Waals surface area contributed by atoms with Crippen molar-refractivity contribution in [1.29, 1.82) is 0 Å². The van der Waals surface area contributed by atoms with Gasteiger partial charge in [-0.05, 0) is 51.0 Å². The maximum atomic E-state index is 5.20. The van der Waals surface area contributed by atoms with Crippen molar-refractivity contribution in [1.82, 2.24) is 9.97 Å². The van der Waals surface area contributed by atoms with E-state index in [1.54, 1.807) is 5.56 Å². The first kappa shape index (κ1) is 59.1. The van der Waals surface area contributed by atoms with E-state index in [1.165, 1.54) is 326 Å². The normalized spacial score (nSPS) is 11.7. The highest BCUT2D eigenvalue weighted by Crippen LogP contribution is 2.23. The fourth-order valence-electron chi connectivity index (χ4n) is 9.98. The smallest absolute Gasteiger partial charge is 0.128 e. The van der Waals surface area contributed by atoms with Gasteiger partial charge < -0.3 is 0 Å². The molecule has 0 aliphatic carbocycles. The molecule has 0 aliphatic rings. The molecule has 0 atom stereocenters. The summed E-state index contributed by atoms with van der Waals surface area (Å²) in [6.45, 7) is 11.2. The lowest BCUT2D eigenvalue weighted by molar-refractivity contribution is 0.526. The summed E-state index contributed by atoms with van der Waals surface area (Å²) < 4.78 is 0. The van der Waals surface area contributed by atoms with Crippen LogP contribution < -0.4 is 0 Å². The second kappa shape index (κ2) is 49.5. The first-order valence-electron chi connectivity index (χ1n) is 29.4. The Balaban J connectivity index is 2.42. The molecule has 0 amide bonds. The highest BCUT2D eigenvalue weighted by molar-refractivity contribution is 5.27. The summed E-state index contributed by atoms with van der Waals surface area (Å²) in [5, 5.41) is 0. The summed E-state index contributed by atoms with van der Waals surface area (Å²) >= 11 is 0. The van der Waals surface area contributed by atoms with Crippen molar-refractivity contribution in [3.05, 3.63) is 29.7 Å². The summed E-state index contributed by atoms with van der Waals surface area (Å²) in [6, 6.07) is 0. The number of aromatic nitrogens is 2. The van der Waals surface area contributed by atoms with E-state index in [2.05, 4.69) is 27.7 Å². The Morgan fingerprint density at radius 2 is 0.419 bits per heavy atom. The highest BCUT2D eigenvalue weighted by Gasteiger charge is 2.14. The van der Waals surface area contributed by atoms with Crippen molar-refractivity contribution in [3.8, 4) is 0 Å². The van der Waals surface area contributed by atoms with Gasteiger partial charge in [-0.2, -0.15) is 0 Å². The van der Waals surface area contributed by atoms with Crippen molar-refractivity contribution in [2.75, 3.05) is 0 Å². The van der Waals surface area contributed by atoms with Crippen molar-refractivity contribution in [3.63, 3.8) is 0 Å². The maximum Gasteiger partial charge on any atom is 0.128 e. The van der Waals surface area contributed by atoms with Crippen LogP contribution in [0.2, 0.25) is 0 Å². The van der Waals surface area contributed by atoms with Crippen LogP contribution in [0.15, 0.2) is 0 Å². The van der Waals surface area contributed by atoms with E-state index in [0.717, 1.165) is 25.1 Å². The van der Waals surface area contributed by atoms with Gasteiger partial charge in [-0.3, -0.25) is 0 Å². The lowest BCUT2D eigenvalue weighted by atomic mass is 9.96. The minimum Gasteiger partial charge on any atom is -0.238 e. The van der Waals surface area contributed by atoms with Gasteiger partial charge in [0.25, 0.3) is 0 Å². The monoisotopic (exact) mass is 864 g/mol. The number of hydrogen-bond donors (Lipinski definition) is 0. The largest absolute Gasteiger partial charge is 0.238 e. The van der Waals surface area contributed by atoms with E-state index >= 15 is 0 Å². The third-order valence-electron chi connectivity index (χ3n) is 14.3. The number of aryl methyl sites for hydroxylation is 2. The average molecular weight is 865 g/mol. The van der Waals surface area contributed by atoms with Crippen LogP contribution in [0.4, 0.5) is 0 Å². The van der Waals surface area contributed by atoms with Crippen LogP contribution in [0.3, 0.4) is 0 Å². The van der Waals surface area contributed by atoms with Crippen molar-refractivity contribution in [2.24, 2.45) is 0 Å². The molecule has 0 saturated carbocycles. The van der Waals surface area contributed by atoms with E-state index in [0.29, 0.717) is 0 Å². The van der Waals surface area contributed by atoms with Gasteiger partial charge in [0, 0.05) is 17.8 Å². The molecule has 1 rings (SSSR count). The molecule has 1 aromatic rings. The number of unbranched alkanes of at least 4 members (excludes halogenated alkanes) is 45. The Labute approximate surface area is 392 Å². The van der Waals surface area contributed by atoms with Crippen molar-refractivity contribution in [2.45, 2.75) is 355 Å². The average Bonchev–Trinajstić information content (AvgIpc) is 3.28. The van der Waals surface area contributed by atoms with Crippen LogP contribution in [0.25, 0.3) is 0 Å². The van der Waals surface area contributed by atoms with Crippen LogP contribution in [-0.2, 0) is 25.7 Å². The molecule has 0 unspecified atom stereocenters. The lowest BCUT2D eigenvalue weighted by Gasteiger charge is -2.16. The Bertz CT molecular complexity index is 943. The fraction of sp³-hybridized carbons (Fsp3) is 0.917. The molecule has 365 valence electrons. The first-order chi connectivity index (χ1) is 30.8. The highest BCUT2D eigenvalue weighted by atomic mass is 14.9. The quantitative estimate of drug-likeness (QED) is 0.0610. The molecule has 1 aromatic heterocycles. The lowest BCUT2D eigenvalue weighted by Crippen LogP contribution is -2.11. The molecule has 0 aromatic carbocycles. The van der Waals surface area contributed by atoms with Gasteiger partial charge >= 0.3 is 0 Å². The fourth-order valence-corrected chi connectivity index (χ4v) is 9.98. The zero-order chi connectivity index (χ0) is 44.5. The Hall–Kier alpha value is -0.920. The molecule has 2 heteroatoms. The van der Waals surface area contributed by atoms with Crippen LogP contribution in [0, 0.1) is 6.92 Å². The summed E-state index contributed by atoms with van der Waals surface area (Å²) in [5.41, 5.74) is 4.35. The maximum absolute atomic E-state index is 5.20. The minimum atomic E-state index is 0.719. The van der Waals surface area contributed by atoms with Gasteiger partial charge in [-0.25, -0.2) is 9.97 Å². The van der Waals surface area contributed by atoms with Gasteiger partial charge in [0.15, 0.2) is 0 Å². The van der Waals surface area contributed by atoms with Crippen molar-refractivity contribution >= 4 is 0 Å². The van der Waals surface area contributed by atoms with Crippen LogP contribution >= 0.6 is 0 Å². The van der Waals surface area contributed by atoms with Crippen LogP contribution in [0.5, 0.6) is 0 Å². The molecule has 0 fully saturated rings. The number of nitrogens with zero attached hydrogens (tertiary/aromatic N) is 2. The molecule has 0 N–H and O–H groups in total. The zero-order valence-corrected chi connectivity index (χ0v) is 43.4. The SMILES string of the molecule is [CH2]Cc1nc(CCCCCCCCCCCCCCCCCC)c(CCCCCCCCCCCCCCCCCC)c(CCCCCCCCCCCCCCCCCC)n1. The molecule has 62 heavy (non-hydrogen) atoms. The topological polar surface area (TPSA) is 25.8 Å². The Kier molecular flexibility index (Phi) is 47.2. The Morgan fingerprint density at radius 3 is 0.613 bits per heavy atom. The summed E-state index contributed by atoms with van der Waals surface area (Å²) in [5.74, 6) is 0.999. The third kappa shape index (κ3) is 39.4. The summed E-state index contributed by atoms with van der Waals surface area (Å²) in [7, 11) is 0. The molecule has 0 spiro atoms. The molecule has 0 saturated heterocycles. The van der Waals surface area contributed by atoms with E-state index in [4.69, 9.17) is 9.97 Å². The summed E-state index contributed by atoms with van der Waals surface area (Å²) in [6.07, 6.45) is 72.7. The minimum absolute atomic E-state index is 0.719. The standard InChI is InChI=1S/C60H115N2/c1-5-9-12-15-18-21-24-27-30-33-36-39-42-45-48-51-54-57-58(55-52-49-46-43-40-37-34-31-28-25-22-19-16-13-10-6-2)61-60(8-4)62-59(57)56-53-50-47-44-41-38-35-32-29-26-23-20-17-14-11-7-3/h4-56H2,1-3H3. The first-order valence-corrected chi connectivity index (χ1v) is 29.4. The molecular weight excluding hydrogens is 749 g/mol. The molecule has 2 nitrogen and oxygen atoms in total. The zero-order valence-electron chi connectivity index (χ0n) is 43.4. The van der Waals surface area contributed by atoms with Gasteiger partial charge in [0.1, 0.15) is 5.82 Å². The van der Waals surface area contributed by atoms with E-state index in [-0.39, 0.29) is 0 Å². The predicted molar refractivity (Wildman–Crippen MR) is 281 cm³/mol. The number of hydrogen-bond acceptors (Lipinski definition) is 2. The van der Waals surface area contributed by atoms with Gasteiger partial charge in [-0.1, -0.05) is 310 Å². The Morgan fingerprint density at radius 1 is 0.242 bits per heavy atom. The van der Waals surface area contributed by atoms with E-state index < -0.39 is 0 Å². The molecule has 1 radical (unpaired) electrons. The predicted octanol–water partition coefficient (Wildman–Crippen LogP) is 21.3. The summed E-state index contributed by atoms with van der Waals surface area (Å²) in [4.78, 5) is 10.4. The van der Waals surface area contributed by atoms with Gasteiger partial charge in [0.05, 0.1) is 0 Å². The second-order valence-corrected chi connectivity index (χ2v) is 20.4. The van der Waals surface area contributed by atoms with Crippen molar-refractivity contribution < 1.29 is 0 Å². The van der Waals surface area contributed by atoms with E-state index in [9.17, 15) is 0 Å². The molecule has 1 heterocycles. The molecular formula is C60H115N2. The van der Waals surface area contributed by atoms with Crippen LogP contribution in [-0.4, -0.2) is 9.97 Å². The van der Waals surface area contributed by atoms with Gasteiger partial charge in [0.2, 0.25) is 0 Å². The number of rotatable bonds is 52. The van der Waals surface area contributed by atoms with Crippen LogP contribution in [0.1, 0.15) is 352 Å². The molecule has 0 bridgehead atoms. The molecule has 0 aliphatic heterocycles.